The highest BCUT2D eigenvalue weighted by Crippen LogP contribution is 2.29. The molecule has 0 bridgehead atoms. The summed E-state index contributed by atoms with van der Waals surface area (Å²) in [7, 11) is 0. The summed E-state index contributed by atoms with van der Waals surface area (Å²) in [5.74, 6) is 0. The zero-order chi connectivity index (χ0) is 13.2. The second-order valence-corrected chi connectivity index (χ2v) is 4.68. The van der Waals surface area contributed by atoms with E-state index in [4.69, 9.17) is 11.6 Å². The second-order valence-electron chi connectivity index (χ2n) is 4.27. The third-order valence-electron chi connectivity index (χ3n) is 3.03. The SMILES string of the molecule is O=Cc1ccc(-c2cnc3ccccc3c2)c(Cl)c1. The minimum absolute atomic E-state index is 0.557. The number of benzene rings is 2. The normalized spacial score (nSPS) is 10.6. The maximum Gasteiger partial charge on any atom is 0.150 e. The van der Waals surface area contributed by atoms with Crippen molar-refractivity contribution in [1.82, 2.24) is 4.98 Å². The lowest BCUT2D eigenvalue weighted by Crippen LogP contribution is -1.86. The van der Waals surface area contributed by atoms with Gasteiger partial charge in [0.25, 0.3) is 0 Å². The molecule has 0 atom stereocenters. The Labute approximate surface area is 115 Å². The maximum absolute atomic E-state index is 10.7. The Morgan fingerprint density at radius 2 is 1.89 bits per heavy atom. The van der Waals surface area contributed by atoms with Gasteiger partial charge in [0.2, 0.25) is 0 Å². The molecule has 0 N–H and O–H groups in total. The van der Waals surface area contributed by atoms with Crippen LogP contribution in [0.5, 0.6) is 0 Å². The lowest BCUT2D eigenvalue weighted by Gasteiger charge is -2.06. The van der Waals surface area contributed by atoms with Crippen LogP contribution in [0.4, 0.5) is 0 Å². The van der Waals surface area contributed by atoms with Crippen LogP contribution in [0.3, 0.4) is 0 Å². The van der Waals surface area contributed by atoms with Crippen molar-refractivity contribution in [3.05, 3.63) is 65.3 Å². The Morgan fingerprint density at radius 1 is 1.05 bits per heavy atom. The number of hydrogen-bond acceptors (Lipinski definition) is 2. The molecule has 3 heteroatoms. The van der Waals surface area contributed by atoms with E-state index in [1.807, 2.05) is 36.4 Å². The van der Waals surface area contributed by atoms with Gasteiger partial charge in [-0.05, 0) is 18.2 Å². The molecule has 0 fully saturated rings. The summed E-state index contributed by atoms with van der Waals surface area (Å²) >= 11 is 6.21. The topological polar surface area (TPSA) is 30.0 Å². The summed E-state index contributed by atoms with van der Waals surface area (Å²) in [6, 6.07) is 15.2. The zero-order valence-electron chi connectivity index (χ0n) is 10.0. The Balaban J connectivity index is 2.16. The number of carbonyl (C=O) groups excluding carboxylic acids is 1. The molecule has 0 spiro atoms. The molecular formula is C16H10ClNO. The molecule has 0 unspecified atom stereocenters. The van der Waals surface area contributed by atoms with E-state index in [1.54, 1.807) is 18.3 Å². The molecule has 1 aromatic heterocycles. The first kappa shape index (κ1) is 11.9. The molecule has 0 aliphatic rings. The van der Waals surface area contributed by atoms with Crippen molar-refractivity contribution in [2.75, 3.05) is 0 Å². The summed E-state index contributed by atoms with van der Waals surface area (Å²) < 4.78 is 0. The standard InChI is InChI=1S/C16H10ClNO/c17-15-7-11(10-19)5-6-14(15)13-8-12-3-1-2-4-16(12)18-9-13/h1-10H. The predicted molar refractivity (Wildman–Crippen MR) is 77.6 cm³/mol. The van der Waals surface area contributed by atoms with E-state index in [9.17, 15) is 4.79 Å². The smallest absolute Gasteiger partial charge is 0.150 e. The van der Waals surface area contributed by atoms with Gasteiger partial charge in [-0.1, -0.05) is 41.9 Å². The van der Waals surface area contributed by atoms with E-state index in [0.717, 1.165) is 28.3 Å². The summed E-state index contributed by atoms with van der Waals surface area (Å²) in [5, 5.41) is 1.62. The van der Waals surface area contributed by atoms with Crippen LogP contribution in [0.25, 0.3) is 22.0 Å². The van der Waals surface area contributed by atoms with Gasteiger partial charge in [0.1, 0.15) is 6.29 Å². The number of nitrogens with zero attached hydrogens (tertiary/aromatic N) is 1. The average Bonchev–Trinajstić information content (AvgIpc) is 2.46. The molecule has 0 amide bonds. The number of halogens is 1. The van der Waals surface area contributed by atoms with Crippen molar-refractivity contribution in [2.45, 2.75) is 0 Å². The Bertz CT molecular complexity index is 768. The first-order valence-corrected chi connectivity index (χ1v) is 6.25. The third-order valence-corrected chi connectivity index (χ3v) is 3.34. The first-order valence-electron chi connectivity index (χ1n) is 5.88. The van der Waals surface area contributed by atoms with Crippen LogP contribution in [-0.4, -0.2) is 11.3 Å². The van der Waals surface area contributed by atoms with Crippen molar-refractivity contribution in [1.29, 1.82) is 0 Å². The fourth-order valence-corrected chi connectivity index (χ4v) is 2.36. The van der Waals surface area contributed by atoms with Crippen molar-refractivity contribution < 1.29 is 4.79 Å². The van der Waals surface area contributed by atoms with Crippen LogP contribution in [0, 0.1) is 0 Å². The minimum atomic E-state index is 0.557. The Kier molecular flexibility index (Phi) is 3.02. The van der Waals surface area contributed by atoms with Crippen molar-refractivity contribution in [2.24, 2.45) is 0 Å². The van der Waals surface area contributed by atoms with E-state index in [2.05, 4.69) is 4.98 Å². The monoisotopic (exact) mass is 267 g/mol. The van der Waals surface area contributed by atoms with Crippen LogP contribution in [0.2, 0.25) is 5.02 Å². The van der Waals surface area contributed by atoms with Crippen molar-refractivity contribution >= 4 is 28.8 Å². The van der Waals surface area contributed by atoms with E-state index in [-0.39, 0.29) is 0 Å². The first-order chi connectivity index (χ1) is 9.28. The zero-order valence-corrected chi connectivity index (χ0v) is 10.8. The molecule has 0 aliphatic heterocycles. The maximum atomic E-state index is 10.7. The molecule has 0 aliphatic carbocycles. The van der Waals surface area contributed by atoms with E-state index < -0.39 is 0 Å². The van der Waals surface area contributed by atoms with Gasteiger partial charge in [-0.25, -0.2) is 0 Å². The lowest BCUT2D eigenvalue weighted by molar-refractivity contribution is 0.112. The fraction of sp³-hybridized carbons (Fsp3) is 0. The van der Waals surface area contributed by atoms with Gasteiger partial charge in [-0.3, -0.25) is 9.78 Å². The molecule has 1 heterocycles. The number of pyridine rings is 1. The van der Waals surface area contributed by atoms with Crippen LogP contribution >= 0.6 is 11.6 Å². The van der Waals surface area contributed by atoms with Gasteiger partial charge in [0.05, 0.1) is 5.52 Å². The predicted octanol–water partition coefficient (Wildman–Crippen LogP) is 4.37. The van der Waals surface area contributed by atoms with Gasteiger partial charge >= 0.3 is 0 Å². The van der Waals surface area contributed by atoms with E-state index in [0.29, 0.717) is 10.6 Å². The number of aldehydes is 1. The van der Waals surface area contributed by atoms with Crippen LogP contribution in [0.1, 0.15) is 10.4 Å². The summed E-state index contributed by atoms with van der Waals surface area (Å²) in [5.41, 5.74) is 3.35. The number of para-hydroxylation sites is 1. The molecule has 2 nitrogen and oxygen atoms in total. The summed E-state index contributed by atoms with van der Waals surface area (Å²) in [6.07, 6.45) is 2.58. The molecule has 3 rings (SSSR count). The molecular weight excluding hydrogens is 258 g/mol. The van der Waals surface area contributed by atoms with E-state index in [1.165, 1.54) is 0 Å². The van der Waals surface area contributed by atoms with Gasteiger partial charge < -0.3 is 0 Å². The number of hydrogen-bond donors (Lipinski definition) is 0. The Hall–Kier alpha value is -2.19. The van der Waals surface area contributed by atoms with Gasteiger partial charge in [0, 0.05) is 33.3 Å². The Morgan fingerprint density at radius 3 is 2.68 bits per heavy atom. The highest BCUT2D eigenvalue weighted by atomic mass is 35.5. The lowest BCUT2D eigenvalue weighted by atomic mass is 10.0. The molecule has 3 aromatic rings. The van der Waals surface area contributed by atoms with Crippen LogP contribution in [-0.2, 0) is 0 Å². The number of aromatic nitrogens is 1. The molecule has 0 radical (unpaired) electrons. The fourth-order valence-electron chi connectivity index (χ4n) is 2.06. The molecule has 2 aromatic carbocycles. The van der Waals surface area contributed by atoms with Gasteiger partial charge in [-0.2, -0.15) is 0 Å². The van der Waals surface area contributed by atoms with Gasteiger partial charge in [0.15, 0.2) is 0 Å². The highest BCUT2D eigenvalue weighted by Gasteiger charge is 2.06. The van der Waals surface area contributed by atoms with Crippen molar-refractivity contribution in [3.8, 4) is 11.1 Å². The number of fused-ring (bicyclic) bond motifs is 1. The van der Waals surface area contributed by atoms with Crippen molar-refractivity contribution in [3.63, 3.8) is 0 Å². The van der Waals surface area contributed by atoms with Crippen LogP contribution < -0.4 is 0 Å². The largest absolute Gasteiger partial charge is 0.298 e. The summed E-state index contributed by atoms with van der Waals surface area (Å²) in [6.45, 7) is 0. The van der Waals surface area contributed by atoms with Gasteiger partial charge in [-0.15, -0.1) is 0 Å². The number of carbonyl (C=O) groups is 1. The molecule has 0 saturated carbocycles. The van der Waals surface area contributed by atoms with E-state index >= 15 is 0 Å². The average molecular weight is 268 g/mol. The molecule has 19 heavy (non-hydrogen) atoms. The number of rotatable bonds is 2. The summed E-state index contributed by atoms with van der Waals surface area (Å²) in [4.78, 5) is 15.1. The van der Waals surface area contributed by atoms with Crippen LogP contribution in [0.15, 0.2) is 54.7 Å². The highest BCUT2D eigenvalue weighted by molar-refractivity contribution is 6.33. The quantitative estimate of drug-likeness (QED) is 0.646. The second kappa shape index (κ2) is 4.82. The molecule has 0 saturated heterocycles. The molecule has 92 valence electrons. The minimum Gasteiger partial charge on any atom is -0.298 e. The third kappa shape index (κ3) is 2.23.